The van der Waals surface area contributed by atoms with Crippen molar-refractivity contribution in [3.63, 3.8) is 0 Å². The van der Waals surface area contributed by atoms with E-state index in [-0.39, 0.29) is 6.61 Å². The third-order valence-corrected chi connectivity index (χ3v) is 3.42. The molecule has 1 aromatic carbocycles. The first-order valence-corrected chi connectivity index (χ1v) is 6.75. The maximum absolute atomic E-state index is 5.75. The van der Waals surface area contributed by atoms with E-state index in [1.165, 1.54) is 11.3 Å². The zero-order valence-corrected chi connectivity index (χ0v) is 12.1. The zero-order valence-electron chi connectivity index (χ0n) is 11.3. The molecule has 0 fully saturated rings. The second-order valence-electron chi connectivity index (χ2n) is 3.82. The summed E-state index contributed by atoms with van der Waals surface area (Å²) in [6, 6.07) is 5.46. The first kappa shape index (κ1) is 14.6. The summed E-state index contributed by atoms with van der Waals surface area (Å²) in [4.78, 5) is 8.87. The molecular formula is C13H16N2O4S. The number of nitrogens with two attached hydrogens (primary N) is 1. The lowest BCUT2D eigenvalue weighted by molar-refractivity contribution is 0.121. The van der Waals surface area contributed by atoms with Crippen LogP contribution < -0.4 is 20.1 Å². The number of hydrogen-bond acceptors (Lipinski definition) is 7. The largest absolute Gasteiger partial charge is 0.493 e. The van der Waals surface area contributed by atoms with Crippen molar-refractivity contribution in [3.05, 3.63) is 34.3 Å². The quantitative estimate of drug-likeness (QED) is 0.789. The monoisotopic (exact) mass is 296 g/mol. The lowest BCUT2D eigenvalue weighted by atomic mass is 10.3. The van der Waals surface area contributed by atoms with E-state index in [0.29, 0.717) is 23.9 Å². The number of benzene rings is 1. The van der Waals surface area contributed by atoms with Crippen LogP contribution in [0.15, 0.2) is 23.6 Å². The number of thiazole rings is 1. The Morgan fingerprint density at radius 2 is 1.85 bits per heavy atom. The van der Waals surface area contributed by atoms with Gasteiger partial charge in [-0.15, -0.1) is 11.3 Å². The molecule has 0 radical (unpaired) electrons. The van der Waals surface area contributed by atoms with Crippen molar-refractivity contribution in [2.45, 2.75) is 13.2 Å². The van der Waals surface area contributed by atoms with Gasteiger partial charge < -0.3 is 14.2 Å². The van der Waals surface area contributed by atoms with E-state index >= 15 is 0 Å². The van der Waals surface area contributed by atoms with Crippen molar-refractivity contribution in [2.24, 2.45) is 5.90 Å². The Labute approximate surface area is 121 Å². The highest BCUT2D eigenvalue weighted by Gasteiger charge is 2.12. The predicted molar refractivity (Wildman–Crippen MR) is 75.0 cm³/mol. The molecule has 1 heterocycles. The Morgan fingerprint density at radius 1 is 1.15 bits per heavy atom. The van der Waals surface area contributed by atoms with Crippen LogP contribution in [0.4, 0.5) is 0 Å². The summed E-state index contributed by atoms with van der Waals surface area (Å²) in [5, 5.41) is 2.70. The van der Waals surface area contributed by atoms with E-state index in [2.05, 4.69) is 9.82 Å². The molecule has 108 valence electrons. The van der Waals surface area contributed by atoms with Crippen LogP contribution in [0.2, 0.25) is 0 Å². The van der Waals surface area contributed by atoms with E-state index < -0.39 is 0 Å². The third-order valence-electron chi connectivity index (χ3n) is 2.55. The minimum atomic E-state index is 0.286. The first-order chi connectivity index (χ1) is 9.78. The summed E-state index contributed by atoms with van der Waals surface area (Å²) in [6.45, 7) is 0.612. The summed E-state index contributed by atoms with van der Waals surface area (Å²) in [5.74, 6) is 6.80. The van der Waals surface area contributed by atoms with Gasteiger partial charge in [0.05, 0.1) is 19.9 Å². The Morgan fingerprint density at radius 3 is 2.45 bits per heavy atom. The molecule has 7 heteroatoms. The highest BCUT2D eigenvalue weighted by Crippen LogP contribution is 2.37. The summed E-state index contributed by atoms with van der Waals surface area (Å²) in [5.41, 5.74) is 0.781. The Balaban J connectivity index is 2.09. The molecule has 0 spiro atoms. The second-order valence-corrected chi connectivity index (χ2v) is 4.77. The van der Waals surface area contributed by atoms with Crippen molar-refractivity contribution in [3.8, 4) is 17.2 Å². The molecular weight excluding hydrogens is 280 g/mol. The van der Waals surface area contributed by atoms with Crippen molar-refractivity contribution in [1.82, 2.24) is 4.98 Å². The number of aromatic nitrogens is 1. The van der Waals surface area contributed by atoms with Crippen molar-refractivity contribution in [1.29, 1.82) is 0 Å². The van der Waals surface area contributed by atoms with Gasteiger partial charge in [0, 0.05) is 5.38 Å². The SMILES string of the molecule is COc1cccc(OC)c1OCc1nc(CON)cs1. The lowest BCUT2D eigenvalue weighted by Crippen LogP contribution is -2.01. The number of ether oxygens (including phenoxy) is 3. The minimum Gasteiger partial charge on any atom is -0.493 e. The molecule has 0 bridgehead atoms. The Bertz CT molecular complexity index is 537. The molecule has 1 aromatic heterocycles. The van der Waals surface area contributed by atoms with Crippen LogP contribution in [0.25, 0.3) is 0 Å². The summed E-state index contributed by atoms with van der Waals surface area (Å²) >= 11 is 1.48. The van der Waals surface area contributed by atoms with Gasteiger partial charge in [0.25, 0.3) is 0 Å². The molecule has 0 aliphatic rings. The fourth-order valence-corrected chi connectivity index (χ4v) is 2.35. The molecule has 0 saturated heterocycles. The topological polar surface area (TPSA) is 75.8 Å². The van der Waals surface area contributed by atoms with E-state index in [9.17, 15) is 0 Å². The maximum atomic E-state index is 5.75. The second kappa shape index (κ2) is 7.09. The molecule has 0 atom stereocenters. The van der Waals surface area contributed by atoms with Gasteiger partial charge in [0.15, 0.2) is 11.5 Å². The minimum absolute atomic E-state index is 0.286. The average molecular weight is 296 g/mol. The molecule has 2 aromatic rings. The number of hydrogen-bond donors (Lipinski definition) is 1. The van der Waals surface area contributed by atoms with Crippen LogP contribution in [0.3, 0.4) is 0 Å². The molecule has 0 unspecified atom stereocenters. The number of methoxy groups -OCH3 is 2. The van der Waals surface area contributed by atoms with Crippen molar-refractivity contribution in [2.75, 3.05) is 14.2 Å². The normalized spacial score (nSPS) is 10.3. The van der Waals surface area contributed by atoms with Gasteiger partial charge in [-0.25, -0.2) is 10.9 Å². The maximum Gasteiger partial charge on any atom is 0.203 e. The van der Waals surface area contributed by atoms with Crippen molar-refractivity contribution >= 4 is 11.3 Å². The van der Waals surface area contributed by atoms with E-state index in [1.54, 1.807) is 14.2 Å². The van der Waals surface area contributed by atoms with Gasteiger partial charge in [-0.2, -0.15) is 0 Å². The summed E-state index contributed by atoms with van der Waals surface area (Å²) < 4.78 is 16.3. The van der Waals surface area contributed by atoms with Crippen LogP contribution in [-0.2, 0) is 18.1 Å². The van der Waals surface area contributed by atoms with Crippen LogP contribution in [0.1, 0.15) is 10.7 Å². The Kier molecular flexibility index (Phi) is 5.16. The van der Waals surface area contributed by atoms with Gasteiger partial charge in [0.1, 0.15) is 18.2 Å². The molecule has 0 aliphatic heterocycles. The van der Waals surface area contributed by atoms with E-state index in [0.717, 1.165) is 10.7 Å². The highest BCUT2D eigenvalue weighted by molar-refractivity contribution is 7.09. The number of rotatable bonds is 7. The average Bonchev–Trinajstić information content (AvgIpc) is 2.92. The summed E-state index contributed by atoms with van der Waals surface area (Å²) in [6.07, 6.45) is 0. The number of para-hydroxylation sites is 1. The molecule has 2 rings (SSSR count). The predicted octanol–water partition coefficient (Wildman–Crippen LogP) is 2.13. The molecule has 0 aliphatic carbocycles. The molecule has 20 heavy (non-hydrogen) atoms. The standard InChI is InChI=1S/C13H16N2O4S/c1-16-10-4-3-5-11(17-2)13(10)18-7-12-15-9(6-19-14)8-20-12/h3-5,8H,6-7,14H2,1-2H3. The number of nitrogens with zero attached hydrogens (tertiary/aromatic N) is 1. The smallest absolute Gasteiger partial charge is 0.203 e. The first-order valence-electron chi connectivity index (χ1n) is 5.87. The molecule has 0 saturated carbocycles. The van der Waals surface area contributed by atoms with Crippen LogP contribution in [0.5, 0.6) is 17.2 Å². The van der Waals surface area contributed by atoms with Gasteiger partial charge in [-0.1, -0.05) is 6.07 Å². The fourth-order valence-electron chi connectivity index (χ4n) is 1.66. The van der Waals surface area contributed by atoms with E-state index in [4.69, 9.17) is 20.1 Å². The molecule has 2 N–H and O–H groups in total. The van der Waals surface area contributed by atoms with Gasteiger partial charge in [-0.05, 0) is 12.1 Å². The summed E-state index contributed by atoms with van der Waals surface area (Å²) in [7, 11) is 3.17. The lowest BCUT2D eigenvalue weighted by Gasteiger charge is -2.13. The fraction of sp³-hybridized carbons (Fsp3) is 0.308. The molecule has 6 nitrogen and oxygen atoms in total. The van der Waals surface area contributed by atoms with Crippen LogP contribution >= 0.6 is 11.3 Å². The van der Waals surface area contributed by atoms with Gasteiger partial charge in [-0.3, -0.25) is 4.84 Å². The van der Waals surface area contributed by atoms with Crippen LogP contribution in [-0.4, -0.2) is 19.2 Å². The Hall–Kier alpha value is -1.83. The van der Waals surface area contributed by atoms with Gasteiger partial charge >= 0.3 is 0 Å². The van der Waals surface area contributed by atoms with E-state index in [1.807, 2.05) is 23.6 Å². The molecule has 0 amide bonds. The highest BCUT2D eigenvalue weighted by atomic mass is 32.1. The van der Waals surface area contributed by atoms with Gasteiger partial charge in [0.2, 0.25) is 5.75 Å². The zero-order chi connectivity index (χ0) is 14.4. The van der Waals surface area contributed by atoms with Crippen LogP contribution in [0, 0.1) is 0 Å². The third kappa shape index (κ3) is 3.38. The van der Waals surface area contributed by atoms with Crippen molar-refractivity contribution < 1.29 is 19.0 Å².